The van der Waals surface area contributed by atoms with Crippen molar-refractivity contribution in [3.8, 4) is 0 Å². The lowest BCUT2D eigenvalue weighted by molar-refractivity contribution is -0.163. The van der Waals surface area contributed by atoms with Gasteiger partial charge in [0, 0.05) is 19.4 Å². The van der Waals surface area contributed by atoms with Crippen LogP contribution in [-0.2, 0) is 23.8 Å². The number of ether oxygens (including phenoxy) is 3. The quantitative estimate of drug-likeness (QED) is 0.0346. The van der Waals surface area contributed by atoms with Crippen LogP contribution in [0.25, 0.3) is 0 Å². The summed E-state index contributed by atoms with van der Waals surface area (Å²) in [5.41, 5.74) is 0. The van der Waals surface area contributed by atoms with Crippen LogP contribution in [-0.4, -0.2) is 37.9 Å². The molecule has 1 unspecified atom stereocenters. The lowest BCUT2D eigenvalue weighted by Crippen LogP contribution is -2.30. The molecule has 0 rings (SSSR count). The van der Waals surface area contributed by atoms with Gasteiger partial charge in [-0.3, -0.25) is 9.59 Å². The zero-order valence-corrected chi connectivity index (χ0v) is 43.4. The summed E-state index contributed by atoms with van der Waals surface area (Å²) in [7, 11) is 0. The molecule has 66 heavy (non-hydrogen) atoms. The number of hydrogen-bond acceptors (Lipinski definition) is 5. The number of esters is 2. The molecule has 0 aliphatic heterocycles. The summed E-state index contributed by atoms with van der Waals surface area (Å²) in [6.07, 6.45) is 75.6. The Labute approximate surface area is 409 Å². The van der Waals surface area contributed by atoms with Gasteiger partial charge in [0.05, 0.1) is 6.61 Å². The van der Waals surface area contributed by atoms with E-state index in [0.29, 0.717) is 19.4 Å². The molecular weight excluding hydrogens is 813 g/mol. The van der Waals surface area contributed by atoms with E-state index in [4.69, 9.17) is 14.2 Å². The molecule has 0 aromatic heterocycles. The van der Waals surface area contributed by atoms with Crippen molar-refractivity contribution < 1.29 is 23.8 Å². The summed E-state index contributed by atoms with van der Waals surface area (Å²) in [5, 5.41) is 0. The number of carbonyl (C=O) groups excluding carboxylic acids is 2. The molecule has 0 aromatic carbocycles. The SMILES string of the molecule is CC/C=C\C/C=C\C/C=C\C/C=C\CCCCCCC(=O)OCC(COCCCCCCCCCCCC/C=C\C/C=C\CCCCC)OC(=O)CCCCCCC/C=C\C/C=C\CCC. The van der Waals surface area contributed by atoms with Gasteiger partial charge in [-0.1, -0.05) is 221 Å². The summed E-state index contributed by atoms with van der Waals surface area (Å²) >= 11 is 0. The smallest absolute Gasteiger partial charge is 0.306 e. The highest BCUT2D eigenvalue weighted by Crippen LogP contribution is 2.14. The van der Waals surface area contributed by atoms with E-state index >= 15 is 0 Å². The van der Waals surface area contributed by atoms with Gasteiger partial charge in [-0.05, 0) is 116 Å². The average Bonchev–Trinajstić information content (AvgIpc) is 3.32. The highest BCUT2D eigenvalue weighted by atomic mass is 16.6. The molecule has 0 radical (unpaired) electrons. The molecule has 0 amide bonds. The Bertz CT molecular complexity index is 1270. The van der Waals surface area contributed by atoms with E-state index in [1.165, 1.54) is 103 Å². The highest BCUT2D eigenvalue weighted by Gasteiger charge is 2.17. The van der Waals surface area contributed by atoms with E-state index < -0.39 is 6.10 Å². The molecule has 0 N–H and O–H groups in total. The van der Waals surface area contributed by atoms with Crippen LogP contribution in [0.2, 0.25) is 0 Å². The largest absolute Gasteiger partial charge is 0.462 e. The molecule has 1 atom stereocenters. The van der Waals surface area contributed by atoms with Gasteiger partial charge in [-0.25, -0.2) is 0 Å². The molecule has 0 spiro atoms. The molecule has 378 valence electrons. The van der Waals surface area contributed by atoms with E-state index in [1.807, 2.05) is 0 Å². The summed E-state index contributed by atoms with van der Waals surface area (Å²) in [6.45, 7) is 7.59. The molecule has 0 aliphatic rings. The number of unbranched alkanes of at least 4 members (excludes halogenated alkanes) is 23. The third kappa shape index (κ3) is 53.4. The zero-order chi connectivity index (χ0) is 47.7. The van der Waals surface area contributed by atoms with Gasteiger partial charge in [0.2, 0.25) is 0 Å². The molecule has 0 saturated heterocycles. The Morgan fingerprint density at radius 3 is 1.15 bits per heavy atom. The second kappa shape index (κ2) is 56.1. The molecule has 5 heteroatoms. The summed E-state index contributed by atoms with van der Waals surface area (Å²) in [4.78, 5) is 25.5. The third-order valence-corrected chi connectivity index (χ3v) is 11.6. The van der Waals surface area contributed by atoms with Gasteiger partial charge in [0.1, 0.15) is 6.61 Å². The summed E-state index contributed by atoms with van der Waals surface area (Å²) < 4.78 is 17.4. The van der Waals surface area contributed by atoms with Crippen LogP contribution in [0.1, 0.15) is 252 Å². The van der Waals surface area contributed by atoms with E-state index in [2.05, 4.69) is 118 Å². The third-order valence-electron chi connectivity index (χ3n) is 11.6. The van der Waals surface area contributed by atoms with Crippen LogP contribution in [0.15, 0.2) is 97.2 Å². The first kappa shape index (κ1) is 62.8. The van der Waals surface area contributed by atoms with Gasteiger partial charge in [0.15, 0.2) is 6.10 Å². The minimum absolute atomic E-state index is 0.0614. The minimum atomic E-state index is -0.561. The Morgan fingerprint density at radius 1 is 0.348 bits per heavy atom. The van der Waals surface area contributed by atoms with Gasteiger partial charge in [-0.15, -0.1) is 0 Å². The predicted molar refractivity (Wildman–Crippen MR) is 288 cm³/mol. The van der Waals surface area contributed by atoms with E-state index in [1.54, 1.807) is 0 Å². The number of hydrogen-bond donors (Lipinski definition) is 0. The van der Waals surface area contributed by atoms with Gasteiger partial charge in [0.25, 0.3) is 0 Å². The first-order chi connectivity index (χ1) is 32.6. The van der Waals surface area contributed by atoms with E-state index in [0.717, 1.165) is 116 Å². The van der Waals surface area contributed by atoms with Gasteiger partial charge < -0.3 is 14.2 Å². The maximum atomic E-state index is 12.8. The Kier molecular flexibility index (Phi) is 53.4. The first-order valence-corrected chi connectivity index (χ1v) is 27.8. The topological polar surface area (TPSA) is 61.8 Å². The van der Waals surface area contributed by atoms with Crippen molar-refractivity contribution in [2.75, 3.05) is 19.8 Å². The van der Waals surface area contributed by atoms with Crippen LogP contribution in [0.5, 0.6) is 0 Å². The van der Waals surface area contributed by atoms with Crippen LogP contribution >= 0.6 is 0 Å². The molecule has 0 bridgehead atoms. The molecule has 0 saturated carbocycles. The summed E-state index contributed by atoms with van der Waals surface area (Å²) in [5.74, 6) is -0.442. The van der Waals surface area contributed by atoms with Crippen molar-refractivity contribution in [2.45, 2.75) is 258 Å². The van der Waals surface area contributed by atoms with E-state index in [-0.39, 0.29) is 25.2 Å². The predicted octanol–water partition coefficient (Wildman–Crippen LogP) is 19.0. The average molecular weight is 917 g/mol. The Balaban J connectivity index is 4.31. The normalized spacial score (nSPS) is 13.0. The fourth-order valence-electron chi connectivity index (χ4n) is 7.45. The van der Waals surface area contributed by atoms with Crippen LogP contribution < -0.4 is 0 Å². The van der Waals surface area contributed by atoms with Crippen molar-refractivity contribution in [3.63, 3.8) is 0 Å². The lowest BCUT2D eigenvalue weighted by Gasteiger charge is -2.18. The molecule has 0 aromatic rings. The second-order valence-electron chi connectivity index (χ2n) is 18.1. The number of allylic oxidation sites excluding steroid dienone is 16. The maximum absolute atomic E-state index is 12.8. The molecular formula is C61H104O5. The second-order valence-corrected chi connectivity index (χ2v) is 18.1. The highest BCUT2D eigenvalue weighted by molar-refractivity contribution is 5.70. The van der Waals surface area contributed by atoms with Crippen LogP contribution in [0.3, 0.4) is 0 Å². The number of rotatable bonds is 50. The Morgan fingerprint density at radius 2 is 0.712 bits per heavy atom. The lowest BCUT2D eigenvalue weighted by atomic mass is 10.1. The number of carbonyl (C=O) groups is 2. The van der Waals surface area contributed by atoms with Gasteiger partial charge in [-0.2, -0.15) is 0 Å². The maximum Gasteiger partial charge on any atom is 0.306 e. The molecule has 5 nitrogen and oxygen atoms in total. The standard InChI is InChI=1S/C61H104O5/c1-4-7-10-13-16-19-22-25-27-29-30-31-33-35-38-41-44-47-50-53-56-64-57-59(66-61(63)55-52-49-46-43-40-36-24-21-18-15-12-9-6-3)58-65-60(62)54-51-48-45-42-39-37-34-32-28-26-23-20-17-14-11-8-5-2/h8,11-12,15-17,19-21,24-28,34,37,59H,4-7,9-10,13-14,18,22-23,29-33,35-36,38-58H2,1-3H3/b11-8-,15-12-,19-16-,20-17-,24-21-,27-25-,28-26-,37-34-. The van der Waals surface area contributed by atoms with Crippen molar-refractivity contribution >= 4 is 11.9 Å². The van der Waals surface area contributed by atoms with E-state index in [9.17, 15) is 9.59 Å². The van der Waals surface area contributed by atoms with Crippen molar-refractivity contribution in [1.82, 2.24) is 0 Å². The fraction of sp³-hybridized carbons (Fsp3) is 0.705. The van der Waals surface area contributed by atoms with Crippen molar-refractivity contribution in [3.05, 3.63) is 97.2 Å². The molecule has 0 fully saturated rings. The van der Waals surface area contributed by atoms with Gasteiger partial charge >= 0.3 is 11.9 Å². The van der Waals surface area contributed by atoms with Crippen molar-refractivity contribution in [1.29, 1.82) is 0 Å². The minimum Gasteiger partial charge on any atom is -0.462 e. The first-order valence-electron chi connectivity index (χ1n) is 27.8. The Hall–Kier alpha value is -3.18. The fourth-order valence-corrected chi connectivity index (χ4v) is 7.45. The zero-order valence-electron chi connectivity index (χ0n) is 43.4. The monoisotopic (exact) mass is 917 g/mol. The summed E-state index contributed by atoms with van der Waals surface area (Å²) in [6, 6.07) is 0. The molecule has 0 heterocycles. The van der Waals surface area contributed by atoms with Crippen LogP contribution in [0.4, 0.5) is 0 Å². The van der Waals surface area contributed by atoms with Crippen molar-refractivity contribution in [2.24, 2.45) is 0 Å². The van der Waals surface area contributed by atoms with Crippen LogP contribution in [0, 0.1) is 0 Å². The molecule has 0 aliphatic carbocycles.